The van der Waals surface area contributed by atoms with Crippen LogP contribution in [0.4, 0.5) is 0 Å². The topological polar surface area (TPSA) is 76.2 Å². The Balaban J connectivity index is 1.30. The van der Waals surface area contributed by atoms with Gasteiger partial charge in [-0.05, 0) is 50.3 Å². The van der Waals surface area contributed by atoms with E-state index in [0.29, 0.717) is 18.5 Å². The third kappa shape index (κ3) is 4.24. The van der Waals surface area contributed by atoms with Crippen LogP contribution in [0.5, 0.6) is 0 Å². The minimum atomic E-state index is 0.0841. The third-order valence-corrected chi connectivity index (χ3v) is 6.00. The Morgan fingerprint density at radius 2 is 2.37 bits per heavy atom. The number of aryl methyl sites for hydroxylation is 1. The van der Waals surface area contributed by atoms with Gasteiger partial charge in [0, 0.05) is 18.8 Å². The second kappa shape index (κ2) is 8.25. The Morgan fingerprint density at radius 3 is 3.11 bits per heavy atom. The lowest BCUT2D eigenvalue weighted by Crippen LogP contribution is -2.57. The lowest BCUT2D eigenvalue weighted by atomic mass is 9.75. The van der Waals surface area contributed by atoms with Gasteiger partial charge in [-0.1, -0.05) is 18.6 Å². The van der Waals surface area contributed by atoms with Crippen LogP contribution in [0.25, 0.3) is 0 Å². The van der Waals surface area contributed by atoms with Gasteiger partial charge in [0.25, 0.3) is 0 Å². The van der Waals surface area contributed by atoms with E-state index >= 15 is 0 Å². The highest BCUT2D eigenvalue weighted by Gasteiger charge is 2.43. The van der Waals surface area contributed by atoms with Crippen LogP contribution in [-0.2, 0) is 24.3 Å². The van der Waals surface area contributed by atoms with Crippen LogP contribution in [0.15, 0.2) is 29.0 Å². The van der Waals surface area contributed by atoms with E-state index in [4.69, 9.17) is 4.42 Å². The van der Waals surface area contributed by atoms with Gasteiger partial charge in [0.05, 0.1) is 31.0 Å². The molecule has 7 nitrogen and oxygen atoms in total. The predicted molar refractivity (Wildman–Crippen MR) is 101 cm³/mol. The number of aromatic nitrogens is 3. The predicted octanol–water partition coefficient (Wildman–Crippen LogP) is 2.24. The van der Waals surface area contributed by atoms with Crippen LogP contribution in [0.1, 0.15) is 44.1 Å². The van der Waals surface area contributed by atoms with Crippen molar-refractivity contribution in [1.29, 1.82) is 0 Å². The molecule has 0 spiro atoms. The van der Waals surface area contributed by atoms with E-state index < -0.39 is 0 Å². The van der Waals surface area contributed by atoms with Crippen LogP contribution in [0.3, 0.4) is 0 Å². The maximum Gasteiger partial charge on any atom is 0.225 e. The molecular weight excluding hydrogens is 342 g/mol. The van der Waals surface area contributed by atoms with Gasteiger partial charge in [0.15, 0.2) is 0 Å². The summed E-state index contributed by atoms with van der Waals surface area (Å²) >= 11 is 0. The van der Waals surface area contributed by atoms with Crippen molar-refractivity contribution in [1.82, 2.24) is 25.2 Å². The van der Waals surface area contributed by atoms with Gasteiger partial charge in [-0.15, -0.1) is 5.10 Å². The molecule has 146 valence electrons. The SMILES string of the molecule is CCCCc1cn(C[C@H]2C[C@H]3CCN2C[C@@H]3C(=O)NCc2ccco2)nn1. The first kappa shape index (κ1) is 18.2. The minimum absolute atomic E-state index is 0.0841. The summed E-state index contributed by atoms with van der Waals surface area (Å²) in [5, 5.41) is 11.6. The first-order valence-electron chi connectivity index (χ1n) is 10.2. The Hall–Kier alpha value is -2.15. The average molecular weight is 371 g/mol. The Bertz CT molecular complexity index is 741. The first-order chi connectivity index (χ1) is 13.2. The fourth-order valence-electron chi connectivity index (χ4n) is 4.46. The van der Waals surface area contributed by atoms with Gasteiger partial charge in [0.2, 0.25) is 5.91 Å². The third-order valence-electron chi connectivity index (χ3n) is 6.00. The Morgan fingerprint density at radius 1 is 1.44 bits per heavy atom. The highest BCUT2D eigenvalue weighted by Crippen LogP contribution is 2.37. The van der Waals surface area contributed by atoms with Crippen LogP contribution in [-0.4, -0.2) is 44.9 Å². The molecular formula is C20H29N5O2. The van der Waals surface area contributed by atoms with Gasteiger partial charge in [0.1, 0.15) is 5.76 Å². The fraction of sp³-hybridized carbons (Fsp3) is 0.650. The van der Waals surface area contributed by atoms with E-state index in [-0.39, 0.29) is 11.8 Å². The monoisotopic (exact) mass is 371 g/mol. The van der Waals surface area contributed by atoms with Gasteiger partial charge in [-0.2, -0.15) is 0 Å². The normalized spacial score (nSPS) is 27.0. The molecule has 27 heavy (non-hydrogen) atoms. The number of piperidine rings is 3. The quantitative estimate of drug-likeness (QED) is 0.770. The number of nitrogens with zero attached hydrogens (tertiary/aromatic N) is 4. The summed E-state index contributed by atoms with van der Waals surface area (Å²) in [7, 11) is 0. The molecule has 1 amide bonds. The standard InChI is InChI=1S/C20H29N5O2/c1-2-3-5-16-12-25(23-22-16)13-17-10-15-7-8-24(17)14-19(15)20(26)21-11-18-6-4-9-27-18/h4,6,9,12,15,17,19H,2-3,5,7-8,10-11,13-14H2,1H3,(H,21,26)/t15-,17-,19+/m1/s1. The van der Waals surface area contributed by atoms with Gasteiger partial charge in [-0.3, -0.25) is 14.4 Å². The fourth-order valence-corrected chi connectivity index (χ4v) is 4.46. The highest BCUT2D eigenvalue weighted by atomic mass is 16.3. The van der Waals surface area contributed by atoms with Crippen molar-refractivity contribution in [2.45, 2.75) is 58.2 Å². The zero-order valence-electron chi connectivity index (χ0n) is 16.0. The zero-order chi connectivity index (χ0) is 18.6. The van der Waals surface area contributed by atoms with E-state index in [1.807, 2.05) is 16.8 Å². The van der Waals surface area contributed by atoms with Crippen LogP contribution in [0.2, 0.25) is 0 Å². The number of amides is 1. The van der Waals surface area contributed by atoms with E-state index in [0.717, 1.165) is 56.8 Å². The van der Waals surface area contributed by atoms with Gasteiger partial charge in [-0.25, -0.2) is 0 Å². The summed E-state index contributed by atoms with van der Waals surface area (Å²) in [4.78, 5) is 15.1. The van der Waals surface area contributed by atoms with E-state index in [2.05, 4.69) is 33.6 Å². The molecule has 5 rings (SSSR count). The molecule has 0 radical (unpaired) electrons. The number of hydrogen-bond donors (Lipinski definition) is 1. The summed E-state index contributed by atoms with van der Waals surface area (Å²) < 4.78 is 7.29. The van der Waals surface area contributed by atoms with Crippen molar-refractivity contribution in [3.63, 3.8) is 0 Å². The molecule has 5 heterocycles. The van der Waals surface area contributed by atoms with E-state index in [1.165, 1.54) is 6.42 Å². The van der Waals surface area contributed by atoms with Gasteiger partial charge < -0.3 is 9.73 Å². The molecule has 2 aromatic rings. The zero-order valence-corrected chi connectivity index (χ0v) is 16.0. The summed E-state index contributed by atoms with van der Waals surface area (Å²) in [5.74, 6) is 1.50. The molecule has 3 saturated heterocycles. The van der Waals surface area contributed by atoms with Crippen molar-refractivity contribution in [2.24, 2.45) is 11.8 Å². The van der Waals surface area contributed by atoms with E-state index in [9.17, 15) is 4.79 Å². The molecule has 7 heteroatoms. The second-order valence-corrected chi connectivity index (χ2v) is 7.87. The summed E-state index contributed by atoms with van der Waals surface area (Å²) in [5.41, 5.74) is 1.09. The Kier molecular flexibility index (Phi) is 5.57. The van der Waals surface area contributed by atoms with Crippen LogP contribution >= 0.6 is 0 Å². The molecule has 0 aromatic carbocycles. The van der Waals surface area contributed by atoms with Gasteiger partial charge >= 0.3 is 0 Å². The van der Waals surface area contributed by atoms with Crippen molar-refractivity contribution in [3.05, 3.63) is 36.0 Å². The number of unbranched alkanes of at least 4 members (excludes halogenated alkanes) is 1. The highest BCUT2D eigenvalue weighted by molar-refractivity contribution is 5.79. The molecule has 1 unspecified atom stereocenters. The number of carbonyl (C=O) groups is 1. The van der Waals surface area contributed by atoms with Crippen LogP contribution in [0, 0.1) is 11.8 Å². The lowest BCUT2D eigenvalue weighted by molar-refractivity contribution is -0.133. The molecule has 0 aliphatic carbocycles. The minimum Gasteiger partial charge on any atom is -0.467 e. The first-order valence-corrected chi connectivity index (χ1v) is 10.2. The van der Waals surface area contributed by atoms with Crippen molar-refractivity contribution < 1.29 is 9.21 Å². The number of rotatable bonds is 8. The molecule has 2 bridgehead atoms. The maximum absolute atomic E-state index is 12.6. The van der Waals surface area contributed by atoms with Crippen molar-refractivity contribution in [3.8, 4) is 0 Å². The summed E-state index contributed by atoms with van der Waals surface area (Å²) in [6, 6.07) is 4.19. The molecule has 3 fully saturated rings. The van der Waals surface area contributed by atoms with Crippen molar-refractivity contribution >= 4 is 5.91 Å². The number of furan rings is 1. The molecule has 3 aliphatic heterocycles. The molecule has 0 saturated carbocycles. The molecule has 3 aliphatic rings. The number of nitrogens with one attached hydrogen (secondary N) is 1. The molecule has 2 aromatic heterocycles. The smallest absolute Gasteiger partial charge is 0.225 e. The lowest BCUT2D eigenvalue weighted by Gasteiger charge is -2.49. The summed E-state index contributed by atoms with van der Waals surface area (Å²) in [6.07, 6.45) is 9.23. The van der Waals surface area contributed by atoms with Crippen LogP contribution < -0.4 is 5.32 Å². The number of hydrogen-bond acceptors (Lipinski definition) is 5. The molecule has 1 N–H and O–H groups in total. The average Bonchev–Trinajstić information content (AvgIpc) is 3.37. The molecule has 4 atom stereocenters. The number of fused-ring (bicyclic) bond motifs is 3. The Labute approximate surface area is 160 Å². The number of carbonyl (C=O) groups excluding carboxylic acids is 1. The summed E-state index contributed by atoms with van der Waals surface area (Å²) in [6.45, 7) is 5.46. The second-order valence-electron chi connectivity index (χ2n) is 7.87. The van der Waals surface area contributed by atoms with E-state index in [1.54, 1.807) is 6.26 Å². The van der Waals surface area contributed by atoms with Crippen molar-refractivity contribution in [2.75, 3.05) is 13.1 Å². The largest absolute Gasteiger partial charge is 0.467 e. The maximum atomic E-state index is 12.6.